The second-order valence-electron chi connectivity index (χ2n) is 5.26. The Morgan fingerprint density at radius 3 is 2.94 bits per heavy atom. The summed E-state index contributed by atoms with van der Waals surface area (Å²) in [7, 11) is 1.76. The molecular formula is C15H18N2O. The fourth-order valence-corrected chi connectivity index (χ4v) is 3.56. The van der Waals surface area contributed by atoms with Gasteiger partial charge in [-0.2, -0.15) is 0 Å². The lowest BCUT2D eigenvalue weighted by molar-refractivity contribution is 0.415. The standard InChI is InChI=1S/C15H18N2O/c1-18-11-8-10-4-7-17-14-3-6-16-5-2-12(14)13(9-11)15(10)17/h8-9,16H,2-7H2,1H3. The quantitative estimate of drug-likeness (QED) is 0.826. The predicted octanol–water partition coefficient (Wildman–Crippen LogP) is 1.89. The van der Waals surface area contributed by atoms with Crippen LogP contribution in [0.3, 0.4) is 0 Å². The highest BCUT2D eigenvalue weighted by Gasteiger charge is 2.24. The van der Waals surface area contributed by atoms with E-state index >= 15 is 0 Å². The number of nitrogens with zero attached hydrogens (tertiary/aromatic N) is 1. The van der Waals surface area contributed by atoms with Crippen LogP contribution in [0.15, 0.2) is 12.1 Å². The maximum Gasteiger partial charge on any atom is 0.119 e. The van der Waals surface area contributed by atoms with E-state index < -0.39 is 0 Å². The van der Waals surface area contributed by atoms with Gasteiger partial charge in [-0.05, 0) is 42.6 Å². The number of aromatic nitrogens is 1. The molecule has 18 heavy (non-hydrogen) atoms. The fraction of sp³-hybridized carbons (Fsp3) is 0.467. The molecule has 0 bridgehead atoms. The molecule has 0 radical (unpaired) electrons. The van der Waals surface area contributed by atoms with Crippen molar-refractivity contribution in [2.75, 3.05) is 20.2 Å². The Kier molecular flexibility index (Phi) is 2.18. The van der Waals surface area contributed by atoms with Gasteiger partial charge in [-0.1, -0.05) is 0 Å². The van der Waals surface area contributed by atoms with E-state index in [4.69, 9.17) is 4.74 Å². The summed E-state index contributed by atoms with van der Waals surface area (Å²) < 4.78 is 8.00. The van der Waals surface area contributed by atoms with E-state index in [9.17, 15) is 0 Å². The molecule has 3 heteroatoms. The summed E-state index contributed by atoms with van der Waals surface area (Å²) in [4.78, 5) is 0. The number of aryl methyl sites for hydroxylation is 2. The fourth-order valence-electron chi connectivity index (χ4n) is 3.56. The summed E-state index contributed by atoms with van der Waals surface area (Å²) >= 11 is 0. The van der Waals surface area contributed by atoms with Crippen molar-refractivity contribution in [1.82, 2.24) is 9.88 Å². The number of rotatable bonds is 1. The molecule has 0 saturated heterocycles. The Bertz CT molecular complexity index is 627. The third kappa shape index (κ3) is 1.28. The molecule has 0 unspecified atom stereocenters. The average Bonchev–Trinajstić information content (AvgIpc) is 2.84. The zero-order valence-corrected chi connectivity index (χ0v) is 10.8. The monoisotopic (exact) mass is 242 g/mol. The minimum atomic E-state index is 1.01. The average molecular weight is 242 g/mol. The highest BCUT2D eigenvalue weighted by molar-refractivity contribution is 5.91. The maximum atomic E-state index is 5.45. The number of nitrogens with one attached hydrogen (secondary N) is 1. The lowest BCUT2D eigenvalue weighted by atomic mass is 10.0. The number of hydrogen-bond acceptors (Lipinski definition) is 2. The molecule has 3 heterocycles. The summed E-state index contributed by atoms with van der Waals surface area (Å²) in [6.07, 6.45) is 3.46. The minimum Gasteiger partial charge on any atom is -0.497 e. The molecule has 1 aromatic heterocycles. The van der Waals surface area contributed by atoms with Crippen LogP contribution in [-0.4, -0.2) is 24.8 Å². The normalized spacial score (nSPS) is 17.8. The van der Waals surface area contributed by atoms with Crippen molar-refractivity contribution in [3.05, 3.63) is 29.0 Å². The molecule has 1 N–H and O–H groups in total. The van der Waals surface area contributed by atoms with E-state index in [1.807, 2.05) is 0 Å². The van der Waals surface area contributed by atoms with Crippen molar-refractivity contribution < 1.29 is 4.74 Å². The number of hydrogen-bond donors (Lipinski definition) is 1. The van der Waals surface area contributed by atoms with Crippen LogP contribution in [0.1, 0.15) is 16.8 Å². The van der Waals surface area contributed by atoms with E-state index in [1.54, 1.807) is 18.4 Å². The highest BCUT2D eigenvalue weighted by atomic mass is 16.5. The van der Waals surface area contributed by atoms with Crippen LogP contribution >= 0.6 is 0 Å². The largest absolute Gasteiger partial charge is 0.497 e. The minimum absolute atomic E-state index is 1.01. The summed E-state index contributed by atoms with van der Waals surface area (Å²) in [5.74, 6) is 1.01. The Morgan fingerprint density at radius 1 is 1.17 bits per heavy atom. The number of ether oxygens (including phenoxy) is 1. The van der Waals surface area contributed by atoms with Gasteiger partial charge < -0.3 is 14.6 Å². The topological polar surface area (TPSA) is 26.2 Å². The van der Waals surface area contributed by atoms with Gasteiger partial charge in [0.05, 0.1) is 12.6 Å². The third-order valence-corrected chi connectivity index (χ3v) is 4.36. The molecule has 2 aromatic rings. The molecule has 0 spiro atoms. The molecule has 0 atom stereocenters. The van der Waals surface area contributed by atoms with Crippen molar-refractivity contribution >= 4 is 10.9 Å². The zero-order chi connectivity index (χ0) is 12.1. The summed E-state index contributed by atoms with van der Waals surface area (Å²) in [6.45, 7) is 3.35. The van der Waals surface area contributed by atoms with Crippen molar-refractivity contribution in [3.63, 3.8) is 0 Å². The molecule has 94 valence electrons. The van der Waals surface area contributed by atoms with Gasteiger partial charge in [0.2, 0.25) is 0 Å². The van der Waals surface area contributed by atoms with E-state index in [0.717, 1.165) is 44.6 Å². The first kappa shape index (κ1) is 10.4. The van der Waals surface area contributed by atoms with Gasteiger partial charge >= 0.3 is 0 Å². The summed E-state index contributed by atoms with van der Waals surface area (Å²) in [5.41, 5.74) is 6.05. The highest BCUT2D eigenvalue weighted by Crippen LogP contribution is 2.37. The lowest BCUT2D eigenvalue weighted by Gasteiger charge is -2.05. The SMILES string of the molecule is COc1cc2c3c(c1)c1c(n3CC2)CCNCC1. The van der Waals surface area contributed by atoms with E-state index in [1.165, 1.54) is 16.5 Å². The smallest absolute Gasteiger partial charge is 0.119 e. The van der Waals surface area contributed by atoms with Crippen LogP contribution in [0.5, 0.6) is 5.75 Å². The van der Waals surface area contributed by atoms with Gasteiger partial charge in [0, 0.05) is 30.6 Å². The summed E-state index contributed by atoms with van der Waals surface area (Å²) in [6, 6.07) is 4.44. The summed E-state index contributed by atoms with van der Waals surface area (Å²) in [5, 5.41) is 4.93. The Labute approximate surface area is 107 Å². The lowest BCUT2D eigenvalue weighted by Crippen LogP contribution is -2.17. The molecule has 2 aliphatic heterocycles. The molecule has 0 aliphatic carbocycles. The Morgan fingerprint density at radius 2 is 2.06 bits per heavy atom. The van der Waals surface area contributed by atoms with Gasteiger partial charge in [0.15, 0.2) is 0 Å². The first-order valence-electron chi connectivity index (χ1n) is 6.80. The van der Waals surface area contributed by atoms with Crippen LogP contribution in [0, 0.1) is 0 Å². The number of methoxy groups -OCH3 is 1. The van der Waals surface area contributed by atoms with Gasteiger partial charge in [-0.3, -0.25) is 0 Å². The molecule has 1 aromatic carbocycles. The van der Waals surface area contributed by atoms with Crippen LogP contribution in [-0.2, 0) is 25.8 Å². The van der Waals surface area contributed by atoms with Crippen molar-refractivity contribution in [1.29, 1.82) is 0 Å². The van der Waals surface area contributed by atoms with E-state index in [0.29, 0.717) is 0 Å². The number of fused-ring (bicyclic) bond motifs is 3. The van der Waals surface area contributed by atoms with Crippen LogP contribution in [0.4, 0.5) is 0 Å². The molecule has 3 nitrogen and oxygen atoms in total. The maximum absolute atomic E-state index is 5.45. The predicted molar refractivity (Wildman–Crippen MR) is 72.5 cm³/mol. The molecule has 0 fully saturated rings. The van der Waals surface area contributed by atoms with Crippen molar-refractivity contribution in [2.24, 2.45) is 0 Å². The second-order valence-corrected chi connectivity index (χ2v) is 5.26. The Balaban J connectivity index is 2.06. The zero-order valence-electron chi connectivity index (χ0n) is 10.8. The third-order valence-electron chi connectivity index (χ3n) is 4.36. The molecule has 4 rings (SSSR count). The van der Waals surface area contributed by atoms with Crippen molar-refractivity contribution in [2.45, 2.75) is 25.8 Å². The van der Waals surface area contributed by atoms with Crippen molar-refractivity contribution in [3.8, 4) is 5.75 Å². The Hall–Kier alpha value is -1.48. The van der Waals surface area contributed by atoms with E-state index in [2.05, 4.69) is 22.0 Å². The first-order chi connectivity index (χ1) is 8.88. The van der Waals surface area contributed by atoms with Gasteiger partial charge in [0.25, 0.3) is 0 Å². The van der Waals surface area contributed by atoms with Crippen LogP contribution in [0.25, 0.3) is 10.9 Å². The first-order valence-corrected chi connectivity index (χ1v) is 6.80. The van der Waals surface area contributed by atoms with Gasteiger partial charge in [-0.25, -0.2) is 0 Å². The second kappa shape index (κ2) is 3.75. The number of benzene rings is 1. The van der Waals surface area contributed by atoms with E-state index in [-0.39, 0.29) is 0 Å². The molecule has 2 aliphatic rings. The van der Waals surface area contributed by atoms with Gasteiger partial charge in [-0.15, -0.1) is 0 Å². The van der Waals surface area contributed by atoms with Crippen LogP contribution in [0.2, 0.25) is 0 Å². The van der Waals surface area contributed by atoms with Gasteiger partial charge in [0.1, 0.15) is 5.75 Å². The van der Waals surface area contributed by atoms with Crippen LogP contribution < -0.4 is 10.1 Å². The molecule has 0 amide bonds. The molecule has 0 saturated carbocycles. The molecular weight excluding hydrogens is 224 g/mol.